The van der Waals surface area contributed by atoms with Gasteiger partial charge in [0.1, 0.15) is 6.33 Å². The highest BCUT2D eigenvalue weighted by atomic mass is 32.1. The monoisotopic (exact) mass is 388 g/mol. The summed E-state index contributed by atoms with van der Waals surface area (Å²) in [5.74, 6) is 0.270. The Hall–Kier alpha value is -1.77. The zero-order valence-corrected chi connectivity index (χ0v) is 17.0. The molecule has 0 radical (unpaired) electrons. The Kier molecular flexibility index (Phi) is 5.29. The molecular weight excluding hydrogens is 360 g/mol. The number of nitrogens with zero attached hydrogens (tertiary/aromatic N) is 6. The molecule has 27 heavy (non-hydrogen) atoms. The van der Waals surface area contributed by atoms with E-state index in [0.29, 0.717) is 5.82 Å². The Labute approximate surface area is 164 Å². The second kappa shape index (κ2) is 7.69. The van der Waals surface area contributed by atoms with Gasteiger partial charge in [-0.3, -0.25) is 14.4 Å². The summed E-state index contributed by atoms with van der Waals surface area (Å²) < 4.78 is 1.60. The van der Waals surface area contributed by atoms with Crippen molar-refractivity contribution in [3.05, 3.63) is 34.5 Å². The van der Waals surface area contributed by atoms with Crippen molar-refractivity contribution in [2.75, 3.05) is 45.8 Å². The fraction of sp³-hybridized carbons (Fsp3) is 0.632. The summed E-state index contributed by atoms with van der Waals surface area (Å²) in [6.07, 6.45) is 2.73. The molecule has 0 bridgehead atoms. The maximum atomic E-state index is 13.0. The van der Waals surface area contributed by atoms with Crippen molar-refractivity contribution in [2.45, 2.75) is 19.9 Å². The predicted octanol–water partition coefficient (Wildman–Crippen LogP) is 1.55. The molecule has 1 unspecified atom stereocenters. The summed E-state index contributed by atoms with van der Waals surface area (Å²) >= 11 is 1.75. The van der Waals surface area contributed by atoms with Gasteiger partial charge in [0.2, 0.25) is 5.82 Å². The number of hydrogen-bond donors (Lipinski definition) is 0. The fourth-order valence-electron chi connectivity index (χ4n) is 4.43. The molecule has 2 aromatic rings. The minimum atomic E-state index is -0.0395. The first-order chi connectivity index (χ1) is 13.1. The lowest BCUT2D eigenvalue weighted by molar-refractivity contribution is 0.0684. The number of carbonyl (C=O) groups is 1. The summed E-state index contributed by atoms with van der Waals surface area (Å²) in [4.78, 5) is 24.2. The van der Waals surface area contributed by atoms with Crippen LogP contribution in [0.15, 0.2) is 23.2 Å². The minimum absolute atomic E-state index is 0.0395. The first kappa shape index (κ1) is 18.6. The number of amides is 1. The van der Waals surface area contributed by atoms with Gasteiger partial charge in [-0.05, 0) is 41.9 Å². The molecule has 1 amide bonds. The van der Waals surface area contributed by atoms with Crippen LogP contribution in [0.3, 0.4) is 0 Å². The van der Waals surface area contributed by atoms with Crippen molar-refractivity contribution in [2.24, 2.45) is 12.5 Å². The van der Waals surface area contributed by atoms with Gasteiger partial charge in [-0.25, -0.2) is 4.98 Å². The Morgan fingerprint density at radius 3 is 2.74 bits per heavy atom. The quantitative estimate of drug-likeness (QED) is 0.795. The predicted molar refractivity (Wildman–Crippen MR) is 106 cm³/mol. The summed E-state index contributed by atoms with van der Waals surface area (Å²) in [6.45, 7) is 9.88. The van der Waals surface area contributed by atoms with E-state index < -0.39 is 0 Å². The second-order valence-electron chi connectivity index (χ2n) is 7.93. The Morgan fingerprint density at radius 1 is 1.22 bits per heavy atom. The van der Waals surface area contributed by atoms with Crippen molar-refractivity contribution in [3.8, 4) is 0 Å². The normalized spacial score (nSPS) is 24.6. The smallest absolute Gasteiger partial charge is 0.293 e. The van der Waals surface area contributed by atoms with Crippen LogP contribution < -0.4 is 0 Å². The molecule has 0 N–H and O–H groups in total. The number of likely N-dealkylation sites (tertiary alicyclic amines) is 1. The summed E-state index contributed by atoms with van der Waals surface area (Å²) in [7, 11) is 1.80. The largest absolute Gasteiger partial charge is 0.334 e. The van der Waals surface area contributed by atoms with E-state index >= 15 is 0 Å². The first-order valence-electron chi connectivity index (χ1n) is 9.68. The molecule has 2 aliphatic rings. The molecule has 0 aromatic carbocycles. The molecule has 7 nitrogen and oxygen atoms in total. The van der Waals surface area contributed by atoms with Gasteiger partial charge >= 0.3 is 0 Å². The van der Waals surface area contributed by atoms with Gasteiger partial charge in [0, 0.05) is 51.7 Å². The number of carbonyl (C=O) groups excluding carboxylic acids is 1. The number of aromatic nitrogens is 3. The number of hydrogen-bond acceptors (Lipinski definition) is 6. The van der Waals surface area contributed by atoms with E-state index in [1.807, 2.05) is 4.90 Å². The van der Waals surface area contributed by atoms with Crippen molar-refractivity contribution in [1.29, 1.82) is 0 Å². The van der Waals surface area contributed by atoms with Crippen molar-refractivity contribution >= 4 is 17.2 Å². The van der Waals surface area contributed by atoms with Crippen LogP contribution in [0.4, 0.5) is 0 Å². The van der Waals surface area contributed by atoms with Gasteiger partial charge in [0.25, 0.3) is 5.91 Å². The number of rotatable bonds is 4. The molecule has 2 saturated heterocycles. The first-order valence-corrected chi connectivity index (χ1v) is 10.6. The molecule has 0 saturated carbocycles. The highest BCUT2D eigenvalue weighted by molar-refractivity contribution is 7.07. The van der Waals surface area contributed by atoms with E-state index in [2.05, 4.69) is 43.6 Å². The van der Waals surface area contributed by atoms with Gasteiger partial charge in [-0.2, -0.15) is 11.3 Å². The van der Waals surface area contributed by atoms with Crippen LogP contribution in [0, 0.1) is 5.41 Å². The summed E-state index contributed by atoms with van der Waals surface area (Å²) in [5, 5.41) is 8.60. The molecule has 2 fully saturated rings. The third-order valence-electron chi connectivity index (χ3n) is 5.80. The van der Waals surface area contributed by atoms with Crippen LogP contribution in [0.2, 0.25) is 0 Å². The van der Waals surface area contributed by atoms with Gasteiger partial charge in [-0.15, -0.1) is 5.10 Å². The van der Waals surface area contributed by atoms with Crippen LogP contribution in [-0.4, -0.2) is 81.2 Å². The van der Waals surface area contributed by atoms with Gasteiger partial charge in [0.15, 0.2) is 0 Å². The number of thiophene rings is 1. The Morgan fingerprint density at radius 2 is 2.07 bits per heavy atom. The standard InChI is InChI=1S/C19H28N6OS/c1-3-23-6-5-19(12-23)13-24(10-16-4-9-27-11-16)7-8-25(14-19)18(26)17-20-15-22(2)21-17/h4,9,11,15H,3,5-8,10,12-14H2,1-2H3. The van der Waals surface area contributed by atoms with Crippen LogP contribution in [0.25, 0.3) is 0 Å². The van der Waals surface area contributed by atoms with E-state index in [1.165, 1.54) is 5.56 Å². The third-order valence-corrected chi connectivity index (χ3v) is 6.53. The van der Waals surface area contributed by atoms with Crippen molar-refractivity contribution in [1.82, 2.24) is 29.5 Å². The van der Waals surface area contributed by atoms with Gasteiger partial charge < -0.3 is 9.80 Å². The highest BCUT2D eigenvalue weighted by Gasteiger charge is 2.43. The zero-order valence-electron chi connectivity index (χ0n) is 16.2. The fourth-order valence-corrected chi connectivity index (χ4v) is 5.09. The van der Waals surface area contributed by atoms with Crippen LogP contribution in [-0.2, 0) is 13.6 Å². The van der Waals surface area contributed by atoms with Gasteiger partial charge in [-0.1, -0.05) is 6.92 Å². The summed E-state index contributed by atoms with van der Waals surface area (Å²) in [5.41, 5.74) is 1.50. The topological polar surface area (TPSA) is 57.5 Å². The van der Waals surface area contributed by atoms with Crippen LogP contribution >= 0.6 is 11.3 Å². The lowest BCUT2D eigenvalue weighted by atomic mass is 9.86. The lowest BCUT2D eigenvalue weighted by Crippen LogP contribution is -2.44. The maximum absolute atomic E-state index is 13.0. The highest BCUT2D eigenvalue weighted by Crippen LogP contribution is 2.35. The van der Waals surface area contributed by atoms with E-state index in [1.54, 1.807) is 29.4 Å². The molecule has 146 valence electrons. The van der Waals surface area contributed by atoms with E-state index in [-0.39, 0.29) is 11.3 Å². The molecule has 1 spiro atoms. The molecular formula is C19H28N6OS. The molecule has 0 aliphatic carbocycles. The average molecular weight is 389 g/mol. The van der Waals surface area contributed by atoms with Crippen molar-refractivity contribution < 1.29 is 4.79 Å². The Balaban J connectivity index is 1.55. The van der Waals surface area contributed by atoms with E-state index in [9.17, 15) is 4.79 Å². The lowest BCUT2D eigenvalue weighted by Gasteiger charge is -2.34. The second-order valence-corrected chi connectivity index (χ2v) is 8.71. The molecule has 2 aromatic heterocycles. The average Bonchev–Trinajstić information content (AvgIpc) is 3.37. The maximum Gasteiger partial charge on any atom is 0.293 e. The molecule has 1 atom stereocenters. The van der Waals surface area contributed by atoms with Gasteiger partial charge in [0.05, 0.1) is 0 Å². The Bertz CT molecular complexity index is 775. The van der Waals surface area contributed by atoms with E-state index in [0.717, 1.165) is 58.8 Å². The molecule has 4 heterocycles. The van der Waals surface area contributed by atoms with Crippen molar-refractivity contribution in [3.63, 3.8) is 0 Å². The minimum Gasteiger partial charge on any atom is -0.334 e. The zero-order chi connectivity index (χ0) is 18.9. The third kappa shape index (κ3) is 4.07. The SMILES string of the molecule is CCN1CCC2(C1)CN(Cc1ccsc1)CCN(C(=O)c1ncn(C)n1)C2. The molecule has 2 aliphatic heterocycles. The molecule has 4 rings (SSSR count). The van der Waals surface area contributed by atoms with Crippen LogP contribution in [0.1, 0.15) is 29.5 Å². The molecule has 8 heteroatoms. The number of aryl methyl sites for hydroxylation is 1. The van der Waals surface area contributed by atoms with E-state index in [4.69, 9.17) is 0 Å². The summed E-state index contributed by atoms with van der Waals surface area (Å²) in [6, 6.07) is 2.20. The van der Waals surface area contributed by atoms with Crippen LogP contribution in [0.5, 0.6) is 0 Å².